The Morgan fingerprint density at radius 1 is 1.13 bits per heavy atom. The van der Waals surface area contributed by atoms with Crippen molar-refractivity contribution in [2.75, 3.05) is 13.1 Å². The Labute approximate surface area is 179 Å². The van der Waals surface area contributed by atoms with E-state index in [0.717, 1.165) is 28.9 Å². The first-order valence-corrected chi connectivity index (χ1v) is 10.6. The third-order valence-corrected chi connectivity index (χ3v) is 6.26. The lowest BCUT2D eigenvalue weighted by atomic mass is 10.0. The first kappa shape index (κ1) is 19.8. The van der Waals surface area contributed by atoms with Crippen LogP contribution in [0.2, 0.25) is 0 Å². The molecule has 2 saturated heterocycles. The van der Waals surface area contributed by atoms with E-state index in [1.54, 1.807) is 17.2 Å². The molecule has 0 saturated carbocycles. The number of hydrogen-bond donors (Lipinski definition) is 1. The van der Waals surface area contributed by atoms with E-state index in [0.29, 0.717) is 38.0 Å². The fraction of sp³-hybridized carbons (Fsp3) is 0.391. The van der Waals surface area contributed by atoms with Gasteiger partial charge in [0.15, 0.2) is 0 Å². The van der Waals surface area contributed by atoms with Crippen molar-refractivity contribution in [3.63, 3.8) is 0 Å². The van der Waals surface area contributed by atoms with Crippen molar-refractivity contribution in [3.05, 3.63) is 53.2 Å². The molecule has 2 aromatic rings. The number of nitrogens with zero attached hydrogens (tertiary/aromatic N) is 3. The van der Waals surface area contributed by atoms with Crippen LogP contribution in [0.25, 0.3) is 11.3 Å². The molecule has 1 N–H and O–H groups in total. The van der Waals surface area contributed by atoms with Crippen molar-refractivity contribution in [1.29, 1.82) is 0 Å². The molecule has 1 aromatic heterocycles. The molecule has 2 unspecified atom stereocenters. The van der Waals surface area contributed by atoms with Gasteiger partial charge in [-0.1, -0.05) is 6.07 Å². The lowest BCUT2D eigenvalue weighted by Gasteiger charge is -2.29. The van der Waals surface area contributed by atoms with Crippen LogP contribution >= 0.6 is 0 Å². The molecular weight excluding hydrogens is 399 g/mol. The summed E-state index contributed by atoms with van der Waals surface area (Å²) in [5, 5.41) is 2.32. The van der Waals surface area contributed by atoms with E-state index in [-0.39, 0.29) is 18.2 Å². The number of piperidine rings is 1. The number of amides is 3. The SMILES string of the molecule is O=C1CCC(N2Cc3cc(-c4cc(CN5CCC(F)C5)ccn4)ccc3C2=O)C(=O)N1. The number of carbonyl (C=O) groups excluding carboxylic acids is 3. The van der Waals surface area contributed by atoms with E-state index in [1.165, 1.54) is 0 Å². The lowest BCUT2D eigenvalue weighted by Crippen LogP contribution is -2.52. The average molecular weight is 422 g/mol. The molecule has 7 nitrogen and oxygen atoms in total. The maximum absolute atomic E-state index is 13.5. The van der Waals surface area contributed by atoms with Crippen LogP contribution in [0.15, 0.2) is 36.5 Å². The Morgan fingerprint density at radius 2 is 2.00 bits per heavy atom. The molecule has 0 bridgehead atoms. The molecule has 3 amide bonds. The number of carbonyl (C=O) groups is 3. The fourth-order valence-electron chi connectivity index (χ4n) is 4.65. The third-order valence-electron chi connectivity index (χ3n) is 6.26. The van der Waals surface area contributed by atoms with Gasteiger partial charge in [0.05, 0.1) is 5.69 Å². The molecule has 31 heavy (non-hydrogen) atoms. The second-order valence-corrected chi connectivity index (χ2v) is 8.44. The Kier molecular flexibility index (Phi) is 5.02. The minimum Gasteiger partial charge on any atom is -0.322 e. The Balaban J connectivity index is 1.35. The van der Waals surface area contributed by atoms with Gasteiger partial charge in [-0.15, -0.1) is 0 Å². The van der Waals surface area contributed by atoms with Gasteiger partial charge in [0.1, 0.15) is 12.2 Å². The van der Waals surface area contributed by atoms with Crippen molar-refractivity contribution in [2.24, 2.45) is 0 Å². The monoisotopic (exact) mass is 422 g/mol. The predicted molar refractivity (Wildman–Crippen MR) is 111 cm³/mol. The minimum absolute atomic E-state index is 0.187. The number of rotatable bonds is 4. The zero-order valence-corrected chi connectivity index (χ0v) is 17.0. The van der Waals surface area contributed by atoms with Gasteiger partial charge in [-0.3, -0.25) is 29.6 Å². The van der Waals surface area contributed by atoms with E-state index in [2.05, 4.69) is 15.2 Å². The number of likely N-dealkylation sites (tertiary alicyclic amines) is 1. The molecule has 5 rings (SSSR count). The summed E-state index contributed by atoms with van der Waals surface area (Å²) in [4.78, 5) is 44.6. The van der Waals surface area contributed by atoms with Gasteiger partial charge in [0.2, 0.25) is 11.8 Å². The van der Waals surface area contributed by atoms with Crippen LogP contribution in [0.4, 0.5) is 4.39 Å². The van der Waals surface area contributed by atoms with Gasteiger partial charge in [-0.25, -0.2) is 4.39 Å². The van der Waals surface area contributed by atoms with Gasteiger partial charge in [0.25, 0.3) is 5.91 Å². The zero-order valence-electron chi connectivity index (χ0n) is 17.0. The van der Waals surface area contributed by atoms with E-state index in [9.17, 15) is 18.8 Å². The molecule has 3 aliphatic rings. The summed E-state index contributed by atoms with van der Waals surface area (Å²) in [5.74, 6) is -0.897. The minimum atomic E-state index is -0.747. The fourth-order valence-corrected chi connectivity index (χ4v) is 4.65. The quantitative estimate of drug-likeness (QED) is 0.763. The summed E-state index contributed by atoms with van der Waals surface area (Å²) >= 11 is 0. The van der Waals surface area contributed by atoms with Crippen LogP contribution in [0, 0.1) is 0 Å². The Hall–Kier alpha value is -3.13. The molecule has 1 aromatic carbocycles. The number of halogens is 1. The number of imide groups is 1. The highest BCUT2D eigenvalue weighted by atomic mass is 19.1. The third kappa shape index (κ3) is 3.83. The summed E-state index contributed by atoms with van der Waals surface area (Å²) in [6, 6.07) is 8.91. The summed E-state index contributed by atoms with van der Waals surface area (Å²) in [7, 11) is 0. The topological polar surface area (TPSA) is 82.6 Å². The van der Waals surface area contributed by atoms with Crippen LogP contribution in [-0.4, -0.2) is 57.8 Å². The highest BCUT2D eigenvalue weighted by Crippen LogP contribution is 2.31. The summed E-state index contributed by atoms with van der Waals surface area (Å²) in [6.45, 7) is 2.24. The van der Waals surface area contributed by atoms with Crippen molar-refractivity contribution in [3.8, 4) is 11.3 Å². The maximum atomic E-state index is 13.5. The van der Waals surface area contributed by atoms with Gasteiger partial charge in [-0.2, -0.15) is 0 Å². The first-order valence-electron chi connectivity index (χ1n) is 10.6. The van der Waals surface area contributed by atoms with Crippen molar-refractivity contribution in [2.45, 2.75) is 44.6 Å². The van der Waals surface area contributed by atoms with E-state index < -0.39 is 18.1 Å². The Bertz CT molecular complexity index is 1070. The highest BCUT2D eigenvalue weighted by Gasteiger charge is 2.39. The lowest BCUT2D eigenvalue weighted by molar-refractivity contribution is -0.136. The molecule has 0 spiro atoms. The molecule has 3 aliphatic heterocycles. The van der Waals surface area contributed by atoms with Crippen LogP contribution in [-0.2, 0) is 22.7 Å². The molecule has 0 aliphatic carbocycles. The number of aromatic nitrogens is 1. The van der Waals surface area contributed by atoms with Crippen LogP contribution in [0.3, 0.4) is 0 Å². The summed E-state index contributed by atoms with van der Waals surface area (Å²) in [6.07, 6.45) is 2.17. The summed E-state index contributed by atoms with van der Waals surface area (Å²) < 4.78 is 13.5. The zero-order chi connectivity index (χ0) is 21.5. The number of alkyl halides is 1. The predicted octanol–water partition coefficient (Wildman–Crippen LogP) is 2.05. The van der Waals surface area contributed by atoms with Gasteiger partial charge in [0, 0.05) is 49.9 Å². The second kappa shape index (κ2) is 7.85. The standard InChI is InChI=1S/C23H23FN4O3/c24-17-6-8-27(13-17)11-14-5-7-25-19(9-14)15-1-2-18-16(10-15)12-28(23(18)31)20-3-4-21(29)26-22(20)30/h1-2,5,7,9-10,17,20H,3-4,6,8,11-13H2,(H,26,29,30). The van der Waals surface area contributed by atoms with Crippen molar-refractivity contribution < 1.29 is 18.8 Å². The van der Waals surface area contributed by atoms with Crippen LogP contribution < -0.4 is 5.32 Å². The number of nitrogens with one attached hydrogen (secondary N) is 1. The molecule has 2 atom stereocenters. The number of benzene rings is 1. The largest absolute Gasteiger partial charge is 0.322 e. The highest BCUT2D eigenvalue weighted by molar-refractivity contribution is 6.05. The van der Waals surface area contributed by atoms with Crippen molar-refractivity contribution >= 4 is 17.7 Å². The Morgan fingerprint density at radius 3 is 2.77 bits per heavy atom. The first-order chi connectivity index (χ1) is 15.0. The average Bonchev–Trinajstić information content (AvgIpc) is 3.30. The molecule has 0 radical (unpaired) electrons. The number of fused-ring (bicyclic) bond motifs is 1. The van der Waals surface area contributed by atoms with Gasteiger partial charge in [-0.05, 0) is 48.2 Å². The normalized spacial score (nSPS) is 23.9. The molecule has 2 fully saturated rings. The maximum Gasteiger partial charge on any atom is 0.255 e. The molecule has 160 valence electrons. The number of pyridine rings is 1. The summed E-state index contributed by atoms with van der Waals surface area (Å²) in [5.41, 5.74) is 4.18. The molecular formula is C23H23FN4O3. The van der Waals surface area contributed by atoms with Crippen LogP contribution in [0.5, 0.6) is 0 Å². The van der Waals surface area contributed by atoms with Crippen molar-refractivity contribution in [1.82, 2.24) is 20.1 Å². The van der Waals surface area contributed by atoms with E-state index in [1.807, 2.05) is 24.3 Å². The number of hydrogen-bond acceptors (Lipinski definition) is 5. The smallest absolute Gasteiger partial charge is 0.255 e. The van der Waals surface area contributed by atoms with E-state index >= 15 is 0 Å². The van der Waals surface area contributed by atoms with E-state index in [4.69, 9.17) is 0 Å². The molecule has 8 heteroatoms. The van der Waals surface area contributed by atoms with Crippen LogP contribution in [0.1, 0.15) is 40.7 Å². The van der Waals surface area contributed by atoms with Gasteiger partial charge >= 0.3 is 0 Å². The second-order valence-electron chi connectivity index (χ2n) is 8.44. The van der Waals surface area contributed by atoms with Gasteiger partial charge < -0.3 is 4.90 Å². The molecule has 4 heterocycles.